The van der Waals surface area contributed by atoms with Gasteiger partial charge in [-0.15, -0.1) is 0 Å². The van der Waals surface area contributed by atoms with Gasteiger partial charge in [0.15, 0.2) is 5.69 Å². The second-order valence-corrected chi connectivity index (χ2v) is 7.12. The number of esters is 1. The molecule has 9 heteroatoms. The summed E-state index contributed by atoms with van der Waals surface area (Å²) in [6.45, 7) is 0.845. The number of aromatic nitrogens is 2. The highest BCUT2D eigenvalue weighted by Gasteiger charge is 2.25. The van der Waals surface area contributed by atoms with E-state index in [0.29, 0.717) is 20.9 Å². The minimum atomic E-state index is -0.335. The van der Waals surface area contributed by atoms with E-state index in [1.54, 1.807) is 28.9 Å². The number of carbonyl (C=O) groups is 2. The Balaban J connectivity index is 1.76. The van der Waals surface area contributed by atoms with E-state index in [1.165, 1.54) is 7.11 Å². The van der Waals surface area contributed by atoms with E-state index in [4.69, 9.17) is 11.6 Å². The van der Waals surface area contributed by atoms with Gasteiger partial charge in [-0.25, -0.2) is 0 Å². The molecule has 2 aromatic rings. The number of hydrogen-bond donors (Lipinski definition) is 2. The molecule has 0 saturated heterocycles. The average molecular weight is 442 g/mol. The van der Waals surface area contributed by atoms with Gasteiger partial charge in [0.25, 0.3) is 5.91 Å². The first-order chi connectivity index (χ1) is 12.5. The maximum absolute atomic E-state index is 12.6. The average Bonchev–Trinajstić information content (AvgIpc) is 3.08. The molecule has 1 aliphatic heterocycles. The van der Waals surface area contributed by atoms with Gasteiger partial charge in [-0.3, -0.25) is 19.6 Å². The Morgan fingerprint density at radius 2 is 2.27 bits per heavy atom. The highest BCUT2D eigenvalue weighted by molar-refractivity contribution is 9.10. The summed E-state index contributed by atoms with van der Waals surface area (Å²) in [5, 5.41) is 10.8. The van der Waals surface area contributed by atoms with Crippen molar-refractivity contribution in [1.29, 1.82) is 0 Å². The summed E-state index contributed by atoms with van der Waals surface area (Å²) >= 11 is 9.52. The molecule has 0 spiro atoms. The summed E-state index contributed by atoms with van der Waals surface area (Å²) in [5.74, 6) is -0.664. The Hall–Kier alpha value is -1.90. The van der Waals surface area contributed by atoms with Crippen LogP contribution < -0.4 is 10.6 Å². The summed E-state index contributed by atoms with van der Waals surface area (Å²) in [7, 11) is 1.35. The molecule has 1 aliphatic rings. The zero-order valence-electron chi connectivity index (χ0n) is 14.1. The molecule has 1 atom stereocenters. The first-order valence-corrected chi connectivity index (χ1v) is 9.30. The number of carbonyl (C=O) groups excluding carboxylic acids is 2. The standard InChI is InChI=1S/C17H18BrClN4O3/c1-26-15(24)9-20-11-6-3-7-23-14(11)8-13(22-23)17(25)21-12-5-2-4-10(18)16(12)19/h2,4-5,8,11,20H,3,6-7,9H2,1H3,(H,21,25)/t11-/m0/s1. The van der Waals surface area contributed by atoms with Crippen molar-refractivity contribution in [3.05, 3.63) is 45.1 Å². The largest absolute Gasteiger partial charge is 0.468 e. The van der Waals surface area contributed by atoms with Crippen molar-refractivity contribution in [2.45, 2.75) is 25.4 Å². The molecule has 138 valence electrons. The van der Waals surface area contributed by atoms with Crippen LogP contribution in [-0.2, 0) is 16.1 Å². The summed E-state index contributed by atoms with van der Waals surface area (Å²) in [5.41, 5.74) is 1.70. The number of rotatable bonds is 5. The number of amides is 1. The van der Waals surface area contributed by atoms with E-state index in [1.807, 2.05) is 0 Å². The van der Waals surface area contributed by atoms with Crippen molar-refractivity contribution in [3.8, 4) is 0 Å². The highest BCUT2D eigenvalue weighted by Crippen LogP contribution is 2.30. The van der Waals surface area contributed by atoms with Crippen LogP contribution in [0.25, 0.3) is 0 Å². The normalized spacial score (nSPS) is 16.0. The van der Waals surface area contributed by atoms with Gasteiger partial charge in [0.1, 0.15) is 0 Å². The van der Waals surface area contributed by atoms with E-state index in [9.17, 15) is 9.59 Å². The molecule has 1 aromatic carbocycles. The van der Waals surface area contributed by atoms with E-state index in [0.717, 1.165) is 25.1 Å². The molecule has 7 nitrogen and oxygen atoms in total. The quantitative estimate of drug-likeness (QED) is 0.696. The molecule has 0 unspecified atom stereocenters. The van der Waals surface area contributed by atoms with Crippen LogP contribution in [0, 0.1) is 0 Å². The third-order valence-electron chi connectivity index (χ3n) is 4.18. The Morgan fingerprint density at radius 1 is 1.46 bits per heavy atom. The van der Waals surface area contributed by atoms with Gasteiger partial charge in [0.2, 0.25) is 0 Å². The maximum Gasteiger partial charge on any atom is 0.319 e. The number of fused-ring (bicyclic) bond motifs is 1. The molecule has 0 radical (unpaired) electrons. The number of ether oxygens (including phenoxy) is 1. The second kappa shape index (κ2) is 8.20. The fourth-order valence-corrected chi connectivity index (χ4v) is 3.41. The van der Waals surface area contributed by atoms with Crippen LogP contribution in [-0.4, -0.2) is 35.3 Å². The van der Waals surface area contributed by atoms with Gasteiger partial charge in [0.05, 0.1) is 30.1 Å². The molecule has 0 bridgehead atoms. The number of benzene rings is 1. The molecule has 3 rings (SSSR count). The summed E-state index contributed by atoms with van der Waals surface area (Å²) < 4.78 is 7.16. The number of nitrogens with zero attached hydrogens (tertiary/aromatic N) is 2. The minimum Gasteiger partial charge on any atom is -0.468 e. The Labute approximate surface area is 164 Å². The van der Waals surface area contributed by atoms with E-state index in [-0.39, 0.29) is 24.5 Å². The number of anilines is 1. The fraction of sp³-hybridized carbons (Fsp3) is 0.353. The van der Waals surface area contributed by atoms with E-state index < -0.39 is 0 Å². The van der Waals surface area contributed by atoms with Crippen LogP contribution in [0.15, 0.2) is 28.7 Å². The molecule has 2 N–H and O–H groups in total. The number of halogens is 2. The van der Waals surface area contributed by atoms with Gasteiger partial charge in [0, 0.05) is 17.1 Å². The van der Waals surface area contributed by atoms with Gasteiger partial charge < -0.3 is 10.1 Å². The fourth-order valence-electron chi connectivity index (χ4n) is 2.87. The first kappa shape index (κ1) is 18.9. The molecule has 1 amide bonds. The van der Waals surface area contributed by atoms with Crippen molar-refractivity contribution in [2.75, 3.05) is 19.0 Å². The minimum absolute atomic E-state index is 0.0497. The third-order valence-corrected chi connectivity index (χ3v) is 5.48. The zero-order valence-corrected chi connectivity index (χ0v) is 16.4. The first-order valence-electron chi connectivity index (χ1n) is 8.13. The Bertz CT molecular complexity index is 839. The predicted molar refractivity (Wildman–Crippen MR) is 101 cm³/mol. The molecule has 0 aliphatic carbocycles. The maximum atomic E-state index is 12.6. The molecule has 2 heterocycles. The number of aryl methyl sites for hydroxylation is 1. The lowest BCUT2D eigenvalue weighted by Crippen LogP contribution is -2.32. The molecular weight excluding hydrogens is 424 g/mol. The molecule has 0 saturated carbocycles. The Kier molecular flexibility index (Phi) is 5.95. The predicted octanol–water partition coefficient (Wildman–Crippen LogP) is 3.15. The van der Waals surface area contributed by atoms with Crippen molar-refractivity contribution in [2.24, 2.45) is 0 Å². The number of nitrogens with one attached hydrogen (secondary N) is 2. The van der Waals surface area contributed by atoms with Crippen LogP contribution in [0.3, 0.4) is 0 Å². The lowest BCUT2D eigenvalue weighted by Gasteiger charge is -2.24. The van der Waals surface area contributed by atoms with E-state index in [2.05, 4.69) is 36.4 Å². The van der Waals surface area contributed by atoms with Gasteiger partial charge in [-0.1, -0.05) is 17.7 Å². The van der Waals surface area contributed by atoms with Gasteiger partial charge in [-0.2, -0.15) is 5.10 Å². The lowest BCUT2D eigenvalue weighted by molar-refractivity contribution is -0.139. The number of methoxy groups -OCH3 is 1. The van der Waals surface area contributed by atoms with Crippen LogP contribution in [0.4, 0.5) is 5.69 Å². The number of hydrogen-bond acceptors (Lipinski definition) is 5. The SMILES string of the molecule is COC(=O)CN[C@H]1CCCn2nc(C(=O)Nc3cccc(Br)c3Cl)cc21. The van der Waals surface area contributed by atoms with Crippen LogP contribution in [0.5, 0.6) is 0 Å². The van der Waals surface area contributed by atoms with Gasteiger partial charge >= 0.3 is 5.97 Å². The summed E-state index contributed by atoms with van der Waals surface area (Å²) in [6, 6.07) is 7.00. The van der Waals surface area contributed by atoms with Crippen molar-refractivity contribution < 1.29 is 14.3 Å². The molecule has 0 fully saturated rings. The Morgan fingerprint density at radius 3 is 3.04 bits per heavy atom. The van der Waals surface area contributed by atoms with Crippen LogP contribution in [0.2, 0.25) is 5.02 Å². The van der Waals surface area contributed by atoms with Crippen molar-refractivity contribution >= 4 is 45.1 Å². The highest BCUT2D eigenvalue weighted by atomic mass is 79.9. The van der Waals surface area contributed by atoms with E-state index >= 15 is 0 Å². The van der Waals surface area contributed by atoms with Crippen molar-refractivity contribution in [3.63, 3.8) is 0 Å². The molecular formula is C17H18BrClN4O3. The molecule has 1 aromatic heterocycles. The molecule has 26 heavy (non-hydrogen) atoms. The zero-order chi connectivity index (χ0) is 18.7. The van der Waals surface area contributed by atoms with Crippen LogP contribution in [0.1, 0.15) is 35.1 Å². The summed E-state index contributed by atoms with van der Waals surface area (Å²) in [6.07, 6.45) is 1.77. The third kappa shape index (κ3) is 4.08. The lowest BCUT2D eigenvalue weighted by atomic mass is 10.0. The topological polar surface area (TPSA) is 85.2 Å². The smallest absolute Gasteiger partial charge is 0.319 e. The van der Waals surface area contributed by atoms with Crippen molar-refractivity contribution in [1.82, 2.24) is 15.1 Å². The monoisotopic (exact) mass is 440 g/mol. The summed E-state index contributed by atoms with van der Waals surface area (Å²) in [4.78, 5) is 23.9. The van der Waals surface area contributed by atoms with Crippen LogP contribution >= 0.6 is 27.5 Å². The second-order valence-electron chi connectivity index (χ2n) is 5.88. The van der Waals surface area contributed by atoms with Gasteiger partial charge in [-0.05, 0) is 47.0 Å².